The van der Waals surface area contributed by atoms with Gasteiger partial charge in [0, 0.05) is 10.6 Å². The van der Waals surface area contributed by atoms with Gasteiger partial charge in [-0.15, -0.1) is 0 Å². The molecule has 0 saturated heterocycles. The van der Waals surface area contributed by atoms with E-state index in [2.05, 4.69) is 4.72 Å². The van der Waals surface area contributed by atoms with Crippen molar-refractivity contribution in [2.24, 2.45) is 0 Å². The first kappa shape index (κ1) is 18.6. The third-order valence-electron chi connectivity index (χ3n) is 4.17. The molecule has 7 heteroatoms. The number of benzene rings is 2. The Morgan fingerprint density at radius 3 is 2.27 bits per heavy atom. The molecule has 0 fully saturated rings. The van der Waals surface area contributed by atoms with Crippen LogP contribution in [0.3, 0.4) is 0 Å². The van der Waals surface area contributed by atoms with Crippen molar-refractivity contribution in [2.45, 2.75) is 24.3 Å². The van der Waals surface area contributed by atoms with Gasteiger partial charge >= 0.3 is 0 Å². The van der Waals surface area contributed by atoms with Gasteiger partial charge in [-0.1, -0.05) is 23.7 Å². The maximum Gasteiger partial charge on any atom is 0.240 e. The molecule has 0 atom stereocenters. The summed E-state index contributed by atoms with van der Waals surface area (Å²) in [5, 5.41) is 0.516. The second kappa shape index (κ2) is 6.54. The van der Waals surface area contributed by atoms with Crippen LogP contribution >= 0.6 is 11.6 Å². The van der Waals surface area contributed by atoms with E-state index in [1.807, 2.05) is 0 Å². The first-order chi connectivity index (χ1) is 12.2. The van der Waals surface area contributed by atoms with Crippen LogP contribution in [0.1, 0.15) is 25.0 Å². The van der Waals surface area contributed by atoms with Crippen molar-refractivity contribution in [1.82, 2.24) is 4.72 Å². The number of hydrogen-bond acceptors (Lipinski definition) is 4. The molecule has 1 N–H and O–H groups in total. The van der Waals surface area contributed by atoms with Gasteiger partial charge in [0.25, 0.3) is 0 Å². The van der Waals surface area contributed by atoms with E-state index < -0.39 is 15.6 Å². The van der Waals surface area contributed by atoms with Crippen LogP contribution < -0.4 is 4.72 Å². The zero-order chi connectivity index (χ0) is 19.1. The quantitative estimate of drug-likeness (QED) is 0.865. The summed E-state index contributed by atoms with van der Waals surface area (Å²) in [5.74, 6) is 0.261. The molecule has 3 rings (SSSR count). The highest BCUT2D eigenvalue weighted by molar-refractivity contribution is 7.89. The minimum atomic E-state index is -3.53. The van der Waals surface area contributed by atoms with Crippen molar-refractivity contribution in [3.05, 3.63) is 64.7 Å². The van der Waals surface area contributed by atoms with Gasteiger partial charge in [0.05, 0.1) is 10.5 Å². The first-order valence-electron chi connectivity index (χ1n) is 7.94. The lowest BCUT2D eigenvalue weighted by atomic mass is 9.93. The standard InChI is InChI=1S/C19H18ClNO4S/c1-19(2)18(22)16(13-5-4-6-14(20)11-13)17(25-19)12-7-9-15(10-8-12)26(23,24)21-3/h4-11,21H,1-3H3. The average Bonchev–Trinajstić information content (AvgIpc) is 2.85. The predicted octanol–water partition coefficient (Wildman–Crippen LogP) is 3.49. The predicted molar refractivity (Wildman–Crippen MR) is 101 cm³/mol. The molecule has 0 saturated carbocycles. The third-order valence-corrected chi connectivity index (χ3v) is 5.83. The van der Waals surface area contributed by atoms with Crippen molar-refractivity contribution in [3.63, 3.8) is 0 Å². The molecule has 0 bridgehead atoms. The maximum atomic E-state index is 12.9. The van der Waals surface area contributed by atoms with Crippen LogP contribution in [0.2, 0.25) is 5.02 Å². The molecular weight excluding hydrogens is 374 g/mol. The van der Waals surface area contributed by atoms with Crippen LogP contribution in [-0.2, 0) is 19.6 Å². The Morgan fingerprint density at radius 2 is 1.69 bits per heavy atom. The van der Waals surface area contributed by atoms with Gasteiger partial charge in [-0.2, -0.15) is 0 Å². The number of carbonyl (C=O) groups is 1. The lowest BCUT2D eigenvalue weighted by molar-refractivity contribution is -0.125. The van der Waals surface area contributed by atoms with E-state index in [1.165, 1.54) is 19.2 Å². The summed E-state index contributed by atoms with van der Waals surface area (Å²) in [6.07, 6.45) is 0. The number of halogens is 1. The molecule has 0 radical (unpaired) electrons. The molecule has 136 valence electrons. The van der Waals surface area contributed by atoms with Crippen molar-refractivity contribution in [3.8, 4) is 0 Å². The molecule has 0 amide bonds. The van der Waals surface area contributed by atoms with Gasteiger partial charge in [-0.3, -0.25) is 4.79 Å². The van der Waals surface area contributed by atoms with Gasteiger partial charge in [0.15, 0.2) is 5.60 Å². The van der Waals surface area contributed by atoms with Crippen LogP contribution in [0.25, 0.3) is 11.3 Å². The van der Waals surface area contributed by atoms with E-state index in [0.717, 1.165) is 0 Å². The number of hydrogen-bond donors (Lipinski definition) is 1. The molecule has 2 aromatic carbocycles. The molecular formula is C19H18ClNO4S. The van der Waals surface area contributed by atoms with Crippen molar-refractivity contribution >= 4 is 38.7 Å². The van der Waals surface area contributed by atoms with Crippen molar-refractivity contribution in [2.75, 3.05) is 7.05 Å². The van der Waals surface area contributed by atoms with Crippen LogP contribution in [0, 0.1) is 0 Å². The number of sulfonamides is 1. The highest BCUT2D eigenvalue weighted by Gasteiger charge is 2.42. The number of ketones is 1. The van der Waals surface area contributed by atoms with E-state index in [4.69, 9.17) is 16.3 Å². The molecule has 0 spiro atoms. The lowest BCUT2D eigenvalue weighted by Crippen LogP contribution is -2.29. The van der Waals surface area contributed by atoms with E-state index in [9.17, 15) is 13.2 Å². The summed E-state index contributed by atoms with van der Waals surface area (Å²) in [4.78, 5) is 13.0. The van der Waals surface area contributed by atoms with Gasteiger partial charge in [0.2, 0.25) is 15.8 Å². The van der Waals surface area contributed by atoms with Crippen LogP contribution in [0.5, 0.6) is 0 Å². The van der Waals surface area contributed by atoms with Crippen molar-refractivity contribution in [1.29, 1.82) is 0 Å². The Balaban J connectivity index is 2.14. The molecule has 1 aliphatic heterocycles. The lowest BCUT2D eigenvalue weighted by Gasteiger charge is -2.18. The molecule has 0 aliphatic carbocycles. The Kier molecular flexibility index (Phi) is 4.69. The summed E-state index contributed by atoms with van der Waals surface area (Å²) in [7, 11) is -2.18. The van der Waals surface area contributed by atoms with E-state index >= 15 is 0 Å². The Morgan fingerprint density at radius 1 is 1.04 bits per heavy atom. The van der Waals surface area contributed by atoms with Crippen LogP contribution in [0.15, 0.2) is 53.4 Å². The van der Waals surface area contributed by atoms with E-state index in [1.54, 1.807) is 50.2 Å². The Labute approximate surface area is 157 Å². The maximum absolute atomic E-state index is 12.9. The number of nitrogens with one attached hydrogen (secondary N) is 1. The summed E-state index contributed by atoms with van der Waals surface area (Å²) >= 11 is 6.07. The fourth-order valence-electron chi connectivity index (χ4n) is 2.77. The Bertz CT molecular complexity index is 1010. The summed E-state index contributed by atoms with van der Waals surface area (Å²) in [6.45, 7) is 3.40. The topological polar surface area (TPSA) is 72.5 Å². The largest absolute Gasteiger partial charge is 0.478 e. The molecule has 2 aromatic rings. The fraction of sp³-hybridized carbons (Fsp3) is 0.211. The number of Topliss-reactive ketones (excluding diaryl/α,β-unsaturated/α-hetero) is 1. The van der Waals surface area contributed by atoms with Crippen molar-refractivity contribution < 1.29 is 17.9 Å². The van der Waals surface area contributed by atoms with E-state index in [-0.39, 0.29) is 10.7 Å². The highest BCUT2D eigenvalue weighted by atomic mass is 35.5. The monoisotopic (exact) mass is 391 g/mol. The second-order valence-electron chi connectivity index (χ2n) is 6.39. The second-order valence-corrected chi connectivity index (χ2v) is 8.71. The minimum Gasteiger partial charge on any atom is -0.478 e. The van der Waals surface area contributed by atoms with E-state index in [0.29, 0.717) is 27.5 Å². The molecule has 0 aromatic heterocycles. The number of rotatable bonds is 4. The summed E-state index contributed by atoms with van der Waals surface area (Å²) < 4.78 is 32.0. The fourth-order valence-corrected chi connectivity index (χ4v) is 3.69. The molecule has 5 nitrogen and oxygen atoms in total. The number of ether oxygens (including phenoxy) is 1. The average molecular weight is 392 g/mol. The first-order valence-corrected chi connectivity index (χ1v) is 9.80. The van der Waals surface area contributed by atoms with Gasteiger partial charge < -0.3 is 4.74 Å². The molecule has 1 heterocycles. The normalized spacial score (nSPS) is 16.7. The van der Waals surface area contributed by atoms with Gasteiger partial charge in [0.1, 0.15) is 5.76 Å². The third kappa shape index (κ3) is 3.28. The Hall–Kier alpha value is -2.15. The summed E-state index contributed by atoms with van der Waals surface area (Å²) in [6, 6.07) is 13.2. The zero-order valence-electron chi connectivity index (χ0n) is 14.5. The molecule has 26 heavy (non-hydrogen) atoms. The van der Waals surface area contributed by atoms with Crippen LogP contribution in [-0.4, -0.2) is 26.8 Å². The molecule has 1 aliphatic rings. The smallest absolute Gasteiger partial charge is 0.240 e. The molecule has 0 unspecified atom stereocenters. The highest BCUT2D eigenvalue weighted by Crippen LogP contribution is 2.41. The van der Waals surface area contributed by atoms with Gasteiger partial charge in [-0.05, 0) is 62.9 Å². The van der Waals surface area contributed by atoms with Gasteiger partial charge in [-0.25, -0.2) is 13.1 Å². The summed E-state index contributed by atoms with van der Waals surface area (Å²) in [5.41, 5.74) is 0.702. The van der Waals surface area contributed by atoms with Crippen LogP contribution in [0.4, 0.5) is 0 Å². The SMILES string of the molecule is CNS(=O)(=O)c1ccc(C2=C(c3cccc(Cl)c3)C(=O)C(C)(C)O2)cc1. The number of carbonyl (C=O) groups excluding carboxylic acids is 1. The zero-order valence-corrected chi connectivity index (χ0v) is 16.1. The minimum absolute atomic E-state index is 0.136.